The summed E-state index contributed by atoms with van der Waals surface area (Å²) in [5, 5.41) is 8.75. The Kier molecular flexibility index (Phi) is 2.29. The molecule has 0 radical (unpaired) electrons. The monoisotopic (exact) mass is 178 g/mol. The third kappa shape index (κ3) is 2.22. The summed E-state index contributed by atoms with van der Waals surface area (Å²) >= 11 is 0. The lowest BCUT2D eigenvalue weighted by Gasteiger charge is -2.31. The predicted octanol–water partition coefficient (Wildman–Crippen LogP) is 2.02. The van der Waals surface area contributed by atoms with Gasteiger partial charge in [-0.25, -0.2) is 0 Å². The van der Waals surface area contributed by atoms with Crippen LogP contribution in [0.4, 0.5) is 0 Å². The highest BCUT2D eigenvalue weighted by molar-refractivity contribution is 4.94. The zero-order valence-electron chi connectivity index (χ0n) is 8.42. The third-order valence-electron chi connectivity index (χ3n) is 3.48. The average molecular weight is 178 g/mol. The first-order valence-corrected chi connectivity index (χ1v) is 5.34. The van der Waals surface area contributed by atoms with Gasteiger partial charge in [-0.05, 0) is 44.2 Å². The lowest BCUT2D eigenvalue weighted by atomic mass is 9.97. The molecule has 72 valence electrons. The maximum absolute atomic E-state index is 8.75. The van der Waals surface area contributed by atoms with Crippen LogP contribution in [0.15, 0.2) is 0 Å². The van der Waals surface area contributed by atoms with Crippen molar-refractivity contribution in [3.8, 4) is 6.07 Å². The van der Waals surface area contributed by atoms with Crippen molar-refractivity contribution in [2.75, 3.05) is 19.6 Å². The van der Waals surface area contributed by atoms with Crippen molar-refractivity contribution < 1.29 is 0 Å². The van der Waals surface area contributed by atoms with Gasteiger partial charge in [-0.15, -0.1) is 0 Å². The Morgan fingerprint density at radius 1 is 1.38 bits per heavy atom. The molecule has 0 aromatic rings. The number of nitrogens with zero attached hydrogens (tertiary/aromatic N) is 2. The molecule has 2 nitrogen and oxygen atoms in total. The summed E-state index contributed by atoms with van der Waals surface area (Å²) in [6.07, 6.45) is 5.00. The molecule has 0 amide bonds. The van der Waals surface area contributed by atoms with Gasteiger partial charge in [-0.3, -0.25) is 0 Å². The molecule has 2 fully saturated rings. The fourth-order valence-corrected chi connectivity index (χ4v) is 2.13. The highest BCUT2D eigenvalue weighted by Gasteiger charge is 2.39. The van der Waals surface area contributed by atoms with Gasteiger partial charge >= 0.3 is 0 Å². The predicted molar refractivity (Wildman–Crippen MR) is 52.1 cm³/mol. The zero-order valence-corrected chi connectivity index (χ0v) is 8.42. The van der Waals surface area contributed by atoms with Crippen LogP contribution >= 0.6 is 0 Å². The maximum Gasteiger partial charge on any atom is 0.0656 e. The molecule has 0 bridgehead atoms. The molecular formula is C11H18N2. The molecule has 1 saturated carbocycles. The molecular weight excluding hydrogens is 160 g/mol. The molecule has 1 aliphatic heterocycles. The van der Waals surface area contributed by atoms with E-state index in [9.17, 15) is 0 Å². The quantitative estimate of drug-likeness (QED) is 0.647. The summed E-state index contributed by atoms with van der Waals surface area (Å²) in [5.74, 6) is 0.336. The lowest BCUT2D eigenvalue weighted by Crippen LogP contribution is -2.36. The van der Waals surface area contributed by atoms with E-state index in [1.165, 1.54) is 19.4 Å². The Bertz CT molecular complexity index is 217. The molecule has 2 aliphatic rings. The van der Waals surface area contributed by atoms with E-state index in [1.54, 1.807) is 0 Å². The van der Waals surface area contributed by atoms with E-state index in [4.69, 9.17) is 5.26 Å². The van der Waals surface area contributed by atoms with Crippen LogP contribution in [0.3, 0.4) is 0 Å². The average Bonchev–Trinajstić information content (AvgIpc) is 2.85. The van der Waals surface area contributed by atoms with Crippen LogP contribution in [0, 0.1) is 22.7 Å². The SMILES string of the molecule is CC1(CN2CCC(C#N)CC2)CC1. The van der Waals surface area contributed by atoms with Crippen LogP contribution in [-0.4, -0.2) is 24.5 Å². The zero-order chi connectivity index (χ0) is 9.31. The number of hydrogen-bond donors (Lipinski definition) is 0. The minimum atomic E-state index is 0.336. The van der Waals surface area contributed by atoms with Crippen LogP contribution < -0.4 is 0 Å². The highest BCUT2D eigenvalue weighted by atomic mass is 15.1. The molecule has 1 aliphatic carbocycles. The van der Waals surface area contributed by atoms with Crippen LogP contribution in [0.1, 0.15) is 32.6 Å². The fraction of sp³-hybridized carbons (Fsp3) is 0.909. The summed E-state index contributed by atoms with van der Waals surface area (Å²) in [7, 11) is 0. The number of piperidine rings is 1. The Morgan fingerprint density at radius 3 is 2.46 bits per heavy atom. The first-order valence-electron chi connectivity index (χ1n) is 5.34. The molecule has 0 spiro atoms. The van der Waals surface area contributed by atoms with Crippen molar-refractivity contribution in [2.24, 2.45) is 11.3 Å². The van der Waals surface area contributed by atoms with Gasteiger partial charge in [0.25, 0.3) is 0 Å². The van der Waals surface area contributed by atoms with Crippen molar-refractivity contribution >= 4 is 0 Å². The van der Waals surface area contributed by atoms with Gasteiger partial charge in [0.05, 0.1) is 6.07 Å². The van der Waals surface area contributed by atoms with Crippen molar-refractivity contribution in [1.29, 1.82) is 5.26 Å². The van der Waals surface area contributed by atoms with Gasteiger partial charge in [-0.2, -0.15) is 5.26 Å². The molecule has 0 unspecified atom stereocenters. The molecule has 2 heteroatoms. The van der Waals surface area contributed by atoms with Crippen molar-refractivity contribution in [3.05, 3.63) is 0 Å². The Morgan fingerprint density at radius 2 is 2.00 bits per heavy atom. The van der Waals surface area contributed by atoms with Crippen LogP contribution in [0.5, 0.6) is 0 Å². The van der Waals surface area contributed by atoms with E-state index in [1.807, 2.05) is 0 Å². The second-order valence-electron chi connectivity index (χ2n) is 4.99. The van der Waals surface area contributed by atoms with Crippen LogP contribution in [0.25, 0.3) is 0 Å². The first-order chi connectivity index (χ1) is 6.22. The molecule has 13 heavy (non-hydrogen) atoms. The van der Waals surface area contributed by atoms with Gasteiger partial charge in [0, 0.05) is 12.5 Å². The van der Waals surface area contributed by atoms with E-state index in [2.05, 4.69) is 17.9 Å². The Balaban J connectivity index is 1.75. The van der Waals surface area contributed by atoms with E-state index in [-0.39, 0.29) is 0 Å². The Hall–Kier alpha value is -0.550. The van der Waals surface area contributed by atoms with Crippen LogP contribution in [0.2, 0.25) is 0 Å². The molecule has 0 N–H and O–H groups in total. The standard InChI is InChI=1S/C11H18N2/c1-11(4-5-11)9-13-6-2-10(8-12)3-7-13/h10H,2-7,9H2,1H3. The van der Waals surface area contributed by atoms with E-state index in [0.717, 1.165) is 25.9 Å². The van der Waals surface area contributed by atoms with E-state index in [0.29, 0.717) is 11.3 Å². The van der Waals surface area contributed by atoms with Gasteiger partial charge < -0.3 is 4.90 Å². The van der Waals surface area contributed by atoms with Gasteiger partial charge in [0.15, 0.2) is 0 Å². The molecule has 1 saturated heterocycles. The second-order valence-corrected chi connectivity index (χ2v) is 4.99. The summed E-state index contributed by atoms with van der Waals surface area (Å²) in [4.78, 5) is 2.54. The molecule has 0 aromatic carbocycles. The smallest absolute Gasteiger partial charge is 0.0656 e. The van der Waals surface area contributed by atoms with Gasteiger partial charge in [-0.1, -0.05) is 6.92 Å². The number of nitriles is 1. The fourth-order valence-electron chi connectivity index (χ4n) is 2.13. The molecule has 1 heterocycles. The van der Waals surface area contributed by atoms with Crippen molar-refractivity contribution in [1.82, 2.24) is 4.90 Å². The summed E-state index contributed by atoms with van der Waals surface area (Å²) in [5.41, 5.74) is 0.638. The van der Waals surface area contributed by atoms with Crippen LogP contribution in [-0.2, 0) is 0 Å². The first kappa shape index (κ1) is 9.02. The minimum absolute atomic E-state index is 0.336. The molecule has 0 atom stereocenters. The van der Waals surface area contributed by atoms with E-state index >= 15 is 0 Å². The third-order valence-corrected chi connectivity index (χ3v) is 3.48. The number of hydrogen-bond acceptors (Lipinski definition) is 2. The molecule has 2 rings (SSSR count). The van der Waals surface area contributed by atoms with Crippen molar-refractivity contribution in [3.63, 3.8) is 0 Å². The van der Waals surface area contributed by atoms with Crippen molar-refractivity contribution in [2.45, 2.75) is 32.6 Å². The highest BCUT2D eigenvalue weighted by Crippen LogP contribution is 2.45. The normalized spacial score (nSPS) is 28.3. The lowest BCUT2D eigenvalue weighted by molar-refractivity contribution is 0.175. The minimum Gasteiger partial charge on any atom is -0.303 e. The summed E-state index contributed by atoms with van der Waals surface area (Å²) in [6.45, 7) is 5.94. The second kappa shape index (κ2) is 3.31. The Labute approximate surface area is 80.5 Å². The summed E-state index contributed by atoms with van der Waals surface area (Å²) < 4.78 is 0. The number of rotatable bonds is 2. The van der Waals surface area contributed by atoms with Gasteiger partial charge in [0.1, 0.15) is 0 Å². The number of likely N-dealkylation sites (tertiary alicyclic amines) is 1. The molecule has 0 aromatic heterocycles. The largest absolute Gasteiger partial charge is 0.303 e. The van der Waals surface area contributed by atoms with Gasteiger partial charge in [0.2, 0.25) is 0 Å². The maximum atomic E-state index is 8.75. The topological polar surface area (TPSA) is 27.0 Å². The summed E-state index contributed by atoms with van der Waals surface area (Å²) in [6, 6.07) is 2.38. The van der Waals surface area contributed by atoms with E-state index < -0.39 is 0 Å².